The standard InChI is InChI=1S/2C6O6.C5H8.3Co/c2*7-1-3(9)5(11)6(12)4(10)2-8;1-4-5(2)3;;;/h;;1,5H,2-3H3;;;. The average Bonchev–Trinajstić information content (AvgIpc) is 2.74. The molecule has 0 atom stereocenters. The van der Waals surface area contributed by atoms with Crippen molar-refractivity contribution in [2.75, 3.05) is 0 Å². The predicted molar refractivity (Wildman–Crippen MR) is 83.8 cm³/mol. The van der Waals surface area contributed by atoms with Gasteiger partial charge in [-0.2, -0.15) is 0 Å². The number of hydrogen-bond acceptors (Lipinski definition) is 12. The molecule has 0 bridgehead atoms. The number of rotatable bonds is 12. The second kappa shape index (κ2) is 14.2. The molecule has 12 nitrogen and oxygen atoms in total. The van der Waals surface area contributed by atoms with E-state index in [9.17, 15) is 57.5 Å². The van der Waals surface area contributed by atoms with Gasteiger partial charge in [-0.05, 0) is 0 Å². The van der Waals surface area contributed by atoms with Gasteiger partial charge in [0.05, 0.1) is 0 Å². The maximum absolute atomic E-state index is 11.4. The Balaban J connectivity index is 0. The number of carbonyl (C=O) groups excluding carboxylic acids is 12. The van der Waals surface area contributed by atoms with Gasteiger partial charge in [0.15, 0.2) is 0 Å². The molecular formula is C17H8Co3O12. The minimum atomic E-state index is -2.31. The normalized spacial score (nSPS) is 9.44. The first-order valence-electron chi connectivity index (χ1n) is 7.35. The van der Waals surface area contributed by atoms with Crippen LogP contribution in [0.2, 0.25) is 0 Å². The van der Waals surface area contributed by atoms with Crippen LogP contribution in [0, 0.1) is 18.3 Å². The zero-order valence-corrected chi connectivity index (χ0v) is 18.7. The fourth-order valence-electron chi connectivity index (χ4n) is 0.894. The molecule has 0 fully saturated rings. The van der Waals surface area contributed by atoms with E-state index < -0.39 is 79.8 Å². The van der Waals surface area contributed by atoms with Gasteiger partial charge in [0.2, 0.25) is 0 Å². The number of hydrogen-bond donors (Lipinski definition) is 0. The first-order valence-corrected chi connectivity index (χ1v) is 9.43. The van der Waals surface area contributed by atoms with Gasteiger partial charge in [-0.25, -0.2) is 0 Å². The first kappa shape index (κ1) is 31.3. The van der Waals surface area contributed by atoms with Gasteiger partial charge >= 0.3 is 169 Å². The van der Waals surface area contributed by atoms with Crippen molar-refractivity contribution in [3.05, 3.63) is 0 Å². The molecule has 0 spiro atoms. The molecule has 15 heteroatoms. The second-order valence-electron chi connectivity index (χ2n) is 5.05. The van der Waals surface area contributed by atoms with E-state index in [2.05, 4.69) is 37.4 Å². The van der Waals surface area contributed by atoms with Crippen LogP contribution < -0.4 is 0 Å². The van der Waals surface area contributed by atoms with Gasteiger partial charge in [0.25, 0.3) is 0 Å². The molecule has 0 N–H and O–H groups in total. The van der Waals surface area contributed by atoms with Crippen molar-refractivity contribution in [1.29, 1.82) is 0 Å². The van der Waals surface area contributed by atoms with E-state index in [0.717, 1.165) is 0 Å². The molecule has 0 heterocycles. The first-order chi connectivity index (χ1) is 14.5. The summed E-state index contributed by atoms with van der Waals surface area (Å²) in [6.45, 7) is 3.97. The molecule has 0 aliphatic rings. The molecule has 0 aromatic heterocycles. The average molecular weight is 581 g/mol. The van der Waals surface area contributed by atoms with E-state index >= 15 is 0 Å². The molecule has 32 heavy (non-hydrogen) atoms. The van der Waals surface area contributed by atoms with Crippen LogP contribution in [0.15, 0.2) is 0 Å². The van der Waals surface area contributed by atoms with Gasteiger partial charge in [-0.1, -0.05) is 13.8 Å². The molecule has 0 aliphatic heterocycles. The van der Waals surface area contributed by atoms with Crippen LogP contribution in [-0.4, -0.2) is 65.1 Å². The van der Waals surface area contributed by atoms with Gasteiger partial charge in [-0.3, -0.25) is 0 Å². The van der Waals surface area contributed by atoms with Crippen LogP contribution in [0.3, 0.4) is 0 Å². The summed E-state index contributed by atoms with van der Waals surface area (Å²) in [5.41, 5.74) is 0. The molecule has 0 saturated carbocycles. The summed E-state index contributed by atoms with van der Waals surface area (Å²) in [5.74, 6) is -14.8. The Morgan fingerprint density at radius 2 is 0.781 bits per heavy atom. The number of carbonyl (C=O) groups is 12. The molecule has 0 aliphatic carbocycles. The Morgan fingerprint density at radius 3 is 0.969 bits per heavy atom. The van der Waals surface area contributed by atoms with Crippen molar-refractivity contribution in [1.82, 2.24) is 0 Å². The Morgan fingerprint density at radius 1 is 0.562 bits per heavy atom. The number of Topliss-reactive ketones (excluding diaryl/α,β-unsaturated/α-hetero) is 8. The summed E-state index contributed by atoms with van der Waals surface area (Å²) in [6.07, 6.45) is 4.92. The molecule has 0 saturated heterocycles. The molecule has 0 aromatic carbocycles. The summed E-state index contributed by atoms with van der Waals surface area (Å²) in [4.78, 5) is 133. The Bertz CT molecular complexity index is 954. The van der Waals surface area contributed by atoms with E-state index in [1.165, 1.54) is 0 Å². The summed E-state index contributed by atoms with van der Waals surface area (Å²) >= 11 is 4.49. The minimum absolute atomic E-state index is 0.412. The van der Waals surface area contributed by atoms with E-state index in [-0.39, 0.29) is 0 Å². The number of ketones is 8. The third-order valence-corrected chi connectivity index (χ3v) is 3.81. The molecule has 0 radical (unpaired) electrons. The topological polar surface area (TPSA) is 205 Å². The summed E-state index contributed by atoms with van der Waals surface area (Å²) < 4.78 is -7.56. The van der Waals surface area contributed by atoms with Crippen LogP contribution in [0.4, 0.5) is 0 Å². The van der Waals surface area contributed by atoms with E-state index in [1.54, 1.807) is 0 Å². The van der Waals surface area contributed by atoms with Crippen molar-refractivity contribution in [2.24, 2.45) is 5.92 Å². The Kier molecular flexibility index (Phi) is 13.9. The fourth-order valence-corrected chi connectivity index (χ4v) is 1.82. The molecule has 0 amide bonds. The molecule has 0 rings (SSSR count). The van der Waals surface area contributed by atoms with E-state index in [0.29, 0.717) is 5.92 Å². The quantitative estimate of drug-likeness (QED) is 0.123. The summed E-state index contributed by atoms with van der Waals surface area (Å²) in [5, 5.41) is 0. The molecule has 175 valence electrons. The Hall–Kier alpha value is -2.88. The fraction of sp³-hybridized carbons (Fsp3) is 0.176. The summed E-state index contributed by atoms with van der Waals surface area (Å²) in [6, 6.07) is 0. The Labute approximate surface area is 200 Å². The van der Waals surface area contributed by atoms with Gasteiger partial charge in [0, 0.05) is 5.92 Å². The predicted octanol–water partition coefficient (Wildman–Crippen LogP) is -3.90. The van der Waals surface area contributed by atoms with Crippen molar-refractivity contribution in [3.8, 4) is 12.3 Å². The molecular weight excluding hydrogens is 573 g/mol. The van der Waals surface area contributed by atoms with Crippen LogP contribution >= 0.6 is 0 Å². The second-order valence-corrected chi connectivity index (χ2v) is 7.20. The van der Waals surface area contributed by atoms with Crippen molar-refractivity contribution < 1.29 is 104 Å². The van der Waals surface area contributed by atoms with Crippen LogP contribution in [0.1, 0.15) is 13.8 Å². The van der Waals surface area contributed by atoms with E-state index in [4.69, 9.17) is 6.42 Å². The third-order valence-electron chi connectivity index (χ3n) is 2.40. The SMILES string of the molecule is C#CC(C)C.O=[C]([Co])C(=O)C(=O)C(=O)C(=O)[C](=O)[Co][C](=O)C(=O)C(=O)C(=O)C(=O)[C](=O)[Co]. The van der Waals surface area contributed by atoms with E-state index in [1.807, 2.05) is 13.8 Å². The van der Waals surface area contributed by atoms with Crippen molar-refractivity contribution in [2.45, 2.75) is 13.8 Å². The summed E-state index contributed by atoms with van der Waals surface area (Å²) in [7, 11) is 0. The van der Waals surface area contributed by atoms with Gasteiger partial charge in [-0.15, -0.1) is 12.3 Å². The zero-order valence-electron chi connectivity index (χ0n) is 15.6. The third kappa shape index (κ3) is 9.95. The molecule has 0 unspecified atom stereocenters. The van der Waals surface area contributed by atoms with Crippen LogP contribution in [0.25, 0.3) is 0 Å². The molecule has 0 aromatic rings. The monoisotopic (exact) mass is 581 g/mol. The van der Waals surface area contributed by atoms with Crippen molar-refractivity contribution >= 4 is 65.1 Å². The van der Waals surface area contributed by atoms with Crippen LogP contribution in [0.5, 0.6) is 0 Å². The van der Waals surface area contributed by atoms with Crippen LogP contribution in [-0.2, 0) is 104 Å². The number of terminal acetylenes is 1. The van der Waals surface area contributed by atoms with Crippen molar-refractivity contribution in [3.63, 3.8) is 0 Å². The van der Waals surface area contributed by atoms with Gasteiger partial charge in [0.1, 0.15) is 0 Å². The maximum atomic E-state index is 11.4. The van der Waals surface area contributed by atoms with Gasteiger partial charge < -0.3 is 0 Å². The zero-order chi connectivity index (χ0) is 25.9.